The lowest BCUT2D eigenvalue weighted by molar-refractivity contribution is -0.129. The smallest absolute Gasteiger partial charge is 0.320 e. The monoisotopic (exact) mass is 706 g/mol. The maximum Gasteiger partial charge on any atom is 0.320 e. The Bertz CT molecular complexity index is 959. The first kappa shape index (κ1) is 44.7. The summed E-state index contributed by atoms with van der Waals surface area (Å²) in [5.74, 6) is 2.24. The fraction of sp³-hybridized carbons (Fsp3) is 0.951. The van der Waals surface area contributed by atoms with Gasteiger partial charge in [-0.1, -0.05) is 27.7 Å². The highest BCUT2D eigenvalue weighted by atomic mass is 16.2. The fourth-order valence-corrected chi connectivity index (χ4v) is 8.18. The molecule has 50 heavy (non-hydrogen) atoms. The third-order valence-electron chi connectivity index (χ3n) is 11.7. The van der Waals surface area contributed by atoms with Gasteiger partial charge in [0.1, 0.15) is 0 Å². The van der Waals surface area contributed by atoms with Gasteiger partial charge in [-0.3, -0.25) is 14.6 Å². The Kier molecular flexibility index (Phi) is 20.2. The lowest BCUT2D eigenvalue weighted by Crippen LogP contribution is -2.41. The normalized spacial score (nSPS) is 28.2. The first-order valence-corrected chi connectivity index (χ1v) is 20.9. The summed E-state index contributed by atoms with van der Waals surface area (Å²) in [7, 11) is 1.89. The van der Waals surface area contributed by atoms with E-state index in [2.05, 4.69) is 93.7 Å². The van der Waals surface area contributed by atoms with Crippen molar-refractivity contribution in [1.29, 1.82) is 0 Å². The predicted octanol–water partition coefficient (Wildman–Crippen LogP) is 6.82. The Morgan fingerprint density at radius 2 is 0.940 bits per heavy atom. The number of nitrogens with zero attached hydrogens (tertiary/aromatic N) is 7. The lowest BCUT2D eigenvalue weighted by atomic mass is 9.99. The van der Waals surface area contributed by atoms with Gasteiger partial charge in [-0.15, -0.1) is 0 Å². The van der Waals surface area contributed by atoms with Crippen LogP contribution < -0.4 is 0 Å². The van der Waals surface area contributed by atoms with E-state index in [1.54, 1.807) is 0 Å². The number of piperidine rings is 1. The minimum absolute atomic E-state index is 0.214. The van der Waals surface area contributed by atoms with Gasteiger partial charge in [-0.2, -0.15) is 0 Å². The van der Waals surface area contributed by atoms with Crippen molar-refractivity contribution in [3.63, 3.8) is 0 Å². The van der Waals surface area contributed by atoms with E-state index in [-0.39, 0.29) is 6.03 Å². The van der Waals surface area contributed by atoms with E-state index in [1.165, 1.54) is 51.9 Å². The number of hydrogen-bond acceptors (Lipinski definition) is 6. The Balaban J connectivity index is 0.000000232. The van der Waals surface area contributed by atoms with Crippen molar-refractivity contribution in [1.82, 2.24) is 34.3 Å². The molecule has 6 aliphatic heterocycles. The number of carbonyl (C=O) groups excluding carboxylic acids is 2. The Hall–Kier alpha value is -1.42. The zero-order chi connectivity index (χ0) is 37.5. The van der Waals surface area contributed by atoms with Crippen molar-refractivity contribution in [3.8, 4) is 0 Å². The van der Waals surface area contributed by atoms with Gasteiger partial charge >= 0.3 is 6.03 Å². The molecule has 0 aromatic carbocycles. The Labute approximate surface area is 310 Å². The van der Waals surface area contributed by atoms with Crippen LogP contribution in [0.2, 0.25) is 0 Å². The predicted molar refractivity (Wildman–Crippen MR) is 213 cm³/mol. The molecule has 9 heteroatoms. The molecule has 0 aromatic rings. The SMILES string of the molecule is CC.CC(C)N1CCC(N2CCCC2=O)C1.CC(C)N1CCC(N2CCN(C)C2=O)C1.CC1CCCN(C(C)C)C1.CC1CCN(C(C)C)C1. The van der Waals surface area contributed by atoms with E-state index in [0.29, 0.717) is 30.1 Å². The summed E-state index contributed by atoms with van der Waals surface area (Å²) in [5, 5.41) is 0. The van der Waals surface area contributed by atoms with Crippen LogP contribution in [0.25, 0.3) is 0 Å². The van der Waals surface area contributed by atoms with Crippen LogP contribution in [0.3, 0.4) is 0 Å². The fourth-order valence-electron chi connectivity index (χ4n) is 8.18. The molecule has 0 aliphatic carbocycles. The van der Waals surface area contributed by atoms with Crippen molar-refractivity contribution in [3.05, 3.63) is 0 Å². The summed E-state index contributed by atoms with van der Waals surface area (Å²) < 4.78 is 0. The molecular formula is C41H83N7O2. The number of amides is 3. The van der Waals surface area contributed by atoms with Crippen LogP contribution in [0.5, 0.6) is 0 Å². The van der Waals surface area contributed by atoms with Gasteiger partial charge in [0.2, 0.25) is 5.91 Å². The highest BCUT2D eigenvalue weighted by Crippen LogP contribution is 2.23. The van der Waals surface area contributed by atoms with E-state index in [1.807, 2.05) is 30.7 Å². The number of likely N-dealkylation sites (tertiary alicyclic amines) is 5. The average molecular weight is 706 g/mol. The lowest BCUT2D eigenvalue weighted by Gasteiger charge is -2.33. The highest BCUT2D eigenvalue weighted by Gasteiger charge is 2.36. The molecule has 0 saturated carbocycles. The molecule has 0 bridgehead atoms. The second kappa shape index (κ2) is 22.6. The molecule has 3 amide bonds. The maximum atomic E-state index is 11.8. The van der Waals surface area contributed by atoms with Crippen molar-refractivity contribution >= 4 is 11.9 Å². The topological polar surface area (TPSA) is 56.8 Å². The highest BCUT2D eigenvalue weighted by molar-refractivity contribution is 5.78. The zero-order valence-corrected chi connectivity index (χ0v) is 35.3. The first-order chi connectivity index (χ1) is 23.7. The van der Waals surface area contributed by atoms with Crippen LogP contribution in [0, 0.1) is 11.8 Å². The molecule has 4 atom stereocenters. The van der Waals surface area contributed by atoms with Gasteiger partial charge in [-0.05, 0) is 119 Å². The number of urea groups is 1. The molecule has 9 nitrogen and oxygen atoms in total. The average Bonchev–Trinajstić information content (AvgIpc) is 3.92. The van der Waals surface area contributed by atoms with Crippen molar-refractivity contribution < 1.29 is 9.59 Å². The summed E-state index contributed by atoms with van der Waals surface area (Å²) in [6.07, 6.45) is 8.39. The van der Waals surface area contributed by atoms with E-state index in [4.69, 9.17) is 0 Å². The number of likely N-dealkylation sites (N-methyl/N-ethyl adjacent to an activating group) is 1. The minimum Gasteiger partial charge on any atom is -0.338 e. The molecule has 0 spiro atoms. The Morgan fingerprint density at radius 1 is 0.500 bits per heavy atom. The van der Waals surface area contributed by atoms with Crippen LogP contribution in [0.15, 0.2) is 0 Å². The standard InChI is InChI=1S/C11H21N3O.C11H20N2O.C9H19N.C8H17N.C2H6/c1-9(2)13-5-4-10(8-13)14-7-6-12(3)11(14)15;1-9(2)12-7-5-10(8-12)13-6-3-4-11(13)14;1-8(2)10-6-4-5-9(3)7-10;1-7(2)9-5-4-8(3)6-9;1-2/h9-10H,4-8H2,1-3H3;9-10H,3-8H2,1-2H3;8-9H,4-7H2,1-3H3;7-8H,4-6H2,1-3H3;1-2H3. The summed E-state index contributed by atoms with van der Waals surface area (Å²) in [6.45, 7) is 39.2. The third-order valence-corrected chi connectivity index (χ3v) is 11.7. The van der Waals surface area contributed by atoms with Crippen molar-refractivity contribution in [2.45, 2.75) is 164 Å². The molecule has 0 N–H and O–H groups in total. The number of hydrogen-bond donors (Lipinski definition) is 0. The number of carbonyl (C=O) groups is 2. The molecule has 6 saturated heterocycles. The largest absolute Gasteiger partial charge is 0.338 e. The molecule has 0 radical (unpaired) electrons. The molecule has 6 aliphatic rings. The summed E-state index contributed by atoms with van der Waals surface area (Å²) >= 11 is 0. The quantitative estimate of drug-likeness (QED) is 0.303. The molecule has 4 unspecified atom stereocenters. The molecule has 6 heterocycles. The van der Waals surface area contributed by atoms with Crippen molar-refractivity contribution in [2.75, 3.05) is 79.0 Å². The van der Waals surface area contributed by atoms with E-state index < -0.39 is 0 Å². The first-order valence-electron chi connectivity index (χ1n) is 20.9. The van der Waals surface area contributed by atoms with Crippen LogP contribution in [0.1, 0.15) is 128 Å². The zero-order valence-electron chi connectivity index (χ0n) is 35.3. The van der Waals surface area contributed by atoms with E-state index >= 15 is 0 Å². The number of rotatable bonds is 6. The molecule has 294 valence electrons. The molecular weight excluding hydrogens is 622 g/mol. The van der Waals surface area contributed by atoms with Gasteiger partial charge in [-0.25, -0.2) is 4.79 Å². The van der Waals surface area contributed by atoms with E-state index in [0.717, 1.165) is 89.0 Å². The van der Waals surface area contributed by atoms with Gasteiger partial charge in [0.25, 0.3) is 0 Å². The third kappa shape index (κ3) is 14.2. The second-order valence-electron chi connectivity index (χ2n) is 17.0. The van der Waals surface area contributed by atoms with Crippen LogP contribution >= 0.6 is 0 Å². The molecule has 6 fully saturated rings. The Morgan fingerprint density at radius 3 is 1.28 bits per heavy atom. The van der Waals surface area contributed by atoms with Crippen LogP contribution in [0.4, 0.5) is 4.79 Å². The van der Waals surface area contributed by atoms with E-state index in [9.17, 15) is 9.59 Å². The van der Waals surface area contributed by atoms with Gasteiger partial charge in [0, 0.05) is 109 Å². The molecule has 0 aromatic heterocycles. The summed E-state index contributed by atoms with van der Waals surface area (Å²) in [4.78, 5) is 39.4. The maximum absolute atomic E-state index is 11.8. The summed E-state index contributed by atoms with van der Waals surface area (Å²) in [6, 6.07) is 3.91. The second-order valence-corrected chi connectivity index (χ2v) is 17.0. The van der Waals surface area contributed by atoms with Crippen molar-refractivity contribution in [2.24, 2.45) is 11.8 Å². The molecule has 6 rings (SSSR count). The van der Waals surface area contributed by atoms with Crippen LogP contribution in [-0.4, -0.2) is 162 Å². The minimum atomic E-state index is 0.214. The van der Waals surface area contributed by atoms with Gasteiger partial charge < -0.3 is 24.5 Å². The van der Waals surface area contributed by atoms with Gasteiger partial charge in [0.05, 0.1) is 0 Å². The summed E-state index contributed by atoms with van der Waals surface area (Å²) in [5.41, 5.74) is 0. The van der Waals surface area contributed by atoms with Gasteiger partial charge in [0.15, 0.2) is 0 Å². The van der Waals surface area contributed by atoms with Crippen LogP contribution in [-0.2, 0) is 4.79 Å².